The van der Waals surface area contributed by atoms with Crippen LogP contribution in [0.5, 0.6) is 5.75 Å². The summed E-state index contributed by atoms with van der Waals surface area (Å²) in [5.74, 6) is 0.842. The zero-order valence-electron chi connectivity index (χ0n) is 7.74. The van der Waals surface area contributed by atoms with Gasteiger partial charge >= 0.3 is 0 Å². The fraction of sp³-hybridized carbons (Fsp3) is 0.300. The van der Waals surface area contributed by atoms with Crippen molar-refractivity contribution < 1.29 is 14.3 Å². The SMILES string of the molecule is COc1ccc(COC=O)cc1C. The van der Waals surface area contributed by atoms with Crippen LogP contribution >= 0.6 is 0 Å². The molecule has 0 saturated heterocycles. The second kappa shape index (κ2) is 4.50. The molecule has 0 atom stereocenters. The van der Waals surface area contributed by atoms with Crippen LogP contribution in [0.3, 0.4) is 0 Å². The topological polar surface area (TPSA) is 35.5 Å². The van der Waals surface area contributed by atoms with E-state index in [0.717, 1.165) is 16.9 Å². The molecule has 3 heteroatoms. The van der Waals surface area contributed by atoms with Gasteiger partial charge in [-0.1, -0.05) is 6.07 Å². The van der Waals surface area contributed by atoms with Gasteiger partial charge in [-0.25, -0.2) is 0 Å². The second-order valence-corrected chi connectivity index (χ2v) is 2.71. The predicted octanol–water partition coefficient (Wildman–Crippen LogP) is 1.68. The number of hydrogen-bond acceptors (Lipinski definition) is 3. The van der Waals surface area contributed by atoms with Crippen LogP contribution in [0.15, 0.2) is 18.2 Å². The highest BCUT2D eigenvalue weighted by Gasteiger charge is 1.99. The molecule has 0 heterocycles. The molecule has 0 fully saturated rings. The Morgan fingerprint density at radius 2 is 2.23 bits per heavy atom. The molecule has 0 N–H and O–H groups in total. The van der Waals surface area contributed by atoms with Crippen LogP contribution in [-0.2, 0) is 16.1 Å². The van der Waals surface area contributed by atoms with Gasteiger partial charge in [-0.05, 0) is 30.2 Å². The van der Waals surface area contributed by atoms with Gasteiger partial charge in [0, 0.05) is 0 Å². The molecule has 0 aromatic heterocycles. The van der Waals surface area contributed by atoms with Gasteiger partial charge < -0.3 is 9.47 Å². The van der Waals surface area contributed by atoms with Crippen LogP contribution in [0.1, 0.15) is 11.1 Å². The molecule has 3 nitrogen and oxygen atoms in total. The van der Waals surface area contributed by atoms with E-state index >= 15 is 0 Å². The summed E-state index contributed by atoms with van der Waals surface area (Å²) in [5.41, 5.74) is 2.00. The summed E-state index contributed by atoms with van der Waals surface area (Å²) in [6, 6.07) is 5.66. The van der Waals surface area contributed by atoms with Gasteiger partial charge in [-0.15, -0.1) is 0 Å². The number of benzene rings is 1. The van der Waals surface area contributed by atoms with E-state index < -0.39 is 0 Å². The summed E-state index contributed by atoms with van der Waals surface area (Å²) in [5, 5.41) is 0. The van der Waals surface area contributed by atoms with Gasteiger partial charge in [0.1, 0.15) is 12.4 Å². The Bertz CT molecular complexity index is 294. The van der Waals surface area contributed by atoms with Crippen LogP contribution in [0.2, 0.25) is 0 Å². The molecule has 0 aliphatic carbocycles. The van der Waals surface area contributed by atoms with Gasteiger partial charge in [0.25, 0.3) is 6.47 Å². The minimum absolute atomic E-state index is 0.314. The van der Waals surface area contributed by atoms with Crippen LogP contribution in [0.4, 0.5) is 0 Å². The van der Waals surface area contributed by atoms with Crippen molar-refractivity contribution in [3.63, 3.8) is 0 Å². The molecular weight excluding hydrogens is 168 g/mol. The molecule has 0 bridgehead atoms. The number of aryl methyl sites for hydroxylation is 1. The molecular formula is C10H12O3. The lowest BCUT2D eigenvalue weighted by Crippen LogP contribution is -1.93. The van der Waals surface area contributed by atoms with E-state index in [4.69, 9.17) is 4.74 Å². The van der Waals surface area contributed by atoms with Gasteiger partial charge in [0.2, 0.25) is 0 Å². The molecule has 0 aliphatic rings. The molecule has 13 heavy (non-hydrogen) atoms. The highest BCUT2D eigenvalue weighted by atomic mass is 16.5. The number of hydrogen-bond donors (Lipinski definition) is 0. The largest absolute Gasteiger partial charge is 0.496 e. The quantitative estimate of drug-likeness (QED) is 0.661. The van der Waals surface area contributed by atoms with E-state index in [1.165, 1.54) is 0 Å². The minimum Gasteiger partial charge on any atom is -0.496 e. The lowest BCUT2D eigenvalue weighted by Gasteiger charge is -2.06. The first-order chi connectivity index (χ1) is 6.27. The monoisotopic (exact) mass is 180 g/mol. The van der Waals surface area contributed by atoms with Crippen molar-refractivity contribution in [3.05, 3.63) is 29.3 Å². The lowest BCUT2D eigenvalue weighted by atomic mass is 10.1. The maximum atomic E-state index is 9.94. The van der Waals surface area contributed by atoms with E-state index in [0.29, 0.717) is 13.1 Å². The van der Waals surface area contributed by atoms with Crippen molar-refractivity contribution in [3.8, 4) is 5.75 Å². The maximum Gasteiger partial charge on any atom is 0.293 e. The van der Waals surface area contributed by atoms with Crippen molar-refractivity contribution in [2.24, 2.45) is 0 Å². The molecule has 0 amide bonds. The average molecular weight is 180 g/mol. The van der Waals surface area contributed by atoms with Crippen molar-refractivity contribution in [1.82, 2.24) is 0 Å². The normalized spacial score (nSPS) is 9.38. The van der Waals surface area contributed by atoms with Crippen LogP contribution < -0.4 is 4.74 Å². The zero-order chi connectivity index (χ0) is 9.68. The van der Waals surface area contributed by atoms with Gasteiger partial charge in [-0.2, -0.15) is 0 Å². The Hall–Kier alpha value is -1.51. The Kier molecular flexibility index (Phi) is 3.31. The van der Waals surface area contributed by atoms with Crippen molar-refractivity contribution in [2.45, 2.75) is 13.5 Å². The summed E-state index contributed by atoms with van der Waals surface area (Å²) in [7, 11) is 1.63. The molecule has 1 rings (SSSR count). The summed E-state index contributed by atoms with van der Waals surface area (Å²) in [4.78, 5) is 9.94. The van der Waals surface area contributed by atoms with E-state index in [1.54, 1.807) is 7.11 Å². The molecule has 0 aliphatic heterocycles. The molecule has 70 valence electrons. The Morgan fingerprint density at radius 1 is 1.46 bits per heavy atom. The van der Waals surface area contributed by atoms with E-state index in [1.807, 2.05) is 25.1 Å². The van der Waals surface area contributed by atoms with E-state index in [2.05, 4.69) is 4.74 Å². The van der Waals surface area contributed by atoms with E-state index in [9.17, 15) is 4.79 Å². The number of rotatable bonds is 4. The van der Waals surface area contributed by atoms with Gasteiger partial charge in [0.05, 0.1) is 7.11 Å². The average Bonchev–Trinajstić information content (AvgIpc) is 2.15. The Morgan fingerprint density at radius 3 is 2.77 bits per heavy atom. The summed E-state index contributed by atoms with van der Waals surface area (Å²) < 4.78 is 9.72. The van der Waals surface area contributed by atoms with Crippen molar-refractivity contribution in [2.75, 3.05) is 7.11 Å². The third-order valence-electron chi connectivity index (χ3n) is 1.78. The highest BCUT2D eigenvalue weighted by Crippen LogP contribution is 2.18. The highest BCUT2D eigenvalue weighted by molar-refractivity contribution is 5.39. The number of carbonyl (C=O) groups excluding carboxylic acids is 1. The number of methoxy groups -OCH3 is 1. The molecule has 0 saturated carbocycles. The third-order valence-corrected chi connectivity index (χ3v) is 1.78. The molecule has 0 spiro atoms. The molecule has 0 unspecified atom stereocenters. The van der Waals surface area contributed by atoms with Crippen molar-refractivity contribution in [1.29, 1.82) is 0 Å². The second-order valence-electron chi connectivity index (χ2n) is 2.71. The first kappa shape index (κ1) is 9.58. The Balaban J connectivity index is 2.76. The third kappa shape index (κ3) is 2.47. The van der Waals surface area contributed by atoms with Crippen molar-refractivity contribution >= 4 is 6.47 Å². The lowest BCUT2D eigenvalue weighted by molar-refractivity contribution is -0.129. The van der Waals surface area contributed by atoms with Crippen LogP contribution in [0, 0.1) is 6.92 Å². The minimum atomic E-state index is 0.314. The first-order valence-electron chi connectivity index (χ1n) is 3.96. The summed E-state index contributed by atoms with van der Waals surface area (Å²) in [6.45, 7) is 2.71. The fourth-order valence-corrected chi connectivity index (χ4v) is 1.16. The van der Waals surface area contributed by atoms with Crippen LogP contribution in [-0.4, -0.2) is 13.6 Å². The number of ether oxygens (including phenoxy) is 2. The standard InChI is InChI=1S/C10H12O3/c1-8-5-9(6-13-7-11)3-4-10(8)12-2/h3-5,7H,6H2,1-2H3. The van der Waals surface area contributed by atoms with E-state index in [-0.39, 0.29) is 0 Å². The predicted molar refractivity (Wildman–Crippen MR) is 48.6 cm³/mol. The van der Waals surface area contributed by atoms with Gasteiger partial charge in [0.15, 0.2) is 0 Å². The molecule has 0 radical (unpaired) electrons. The first-order valence-corrected chi connectivity index (χ1v) is 3.96. The number of carbonyl (C=O) groups is 1. The smallest absolute Gasteiger partial charge is 0.293 e. The summed E-state index contributed by atoms with van der Waals surface area (Å²) >= 11 is 0. The maximum absolute atomic E-state index is 9.94. The summed E-state index contributed by atoms with van der Waals surface area (Å²) in [6.07, 6.45) is 0. The van der Waals surface area contributed by atoms with Crippen LogP contribution in [0.25, 0.3) is 0 Å². The Labute approximate surface area is 77.3 Å². The molecule has 1 aromatic carbocycles. The molecule has 1 aromatic rings. The zero-order valence-corrected chi connectivity index (χ0v) is 7.74. The fourth-order valence-electron chi connectivity index (χ4n) is 1.16. The van der Waals surface area contributed by atoms with Gasteiger partial charge in [-0.3, -0.25) is 4.79 Å².